The molecule has 0 bridgehead atoms. The van der Waals surface area contributed by atoms with Crippen molar-refractivity contribution in [3.05, 3.63) is 35.8 Å². The normalized spacial score (nSPS) is 10.8. The zero-order valence-corrected chi connectivity index (χ0v) is 8.55. The smallest absolute Gasteiger partial charge is 0.175 e. The summed E-state index contributed by atoms with van der Waals surface area (Å²) in [7, 11) is 0. The van der Waals surface area contributed by atoms with Crippen molar-refractivity contribution in [3.63, 3.8) is 0 Å². The Morgan fingerprint density at radius 3 is 3.06 bits per heavy atom. The highest BCUT2D eigenvalue weighted by Crippen LogP contribution is 2.17. The maximum Gasteiger partial charge on any atom is 0.175 e. The second-order valence-corrected chi connectivity index (χ2v) is 3.48. The van der Waals surface area contributed by atoms with Gasteiger partial charge in [-0.05, 0) is 19.1 Å². The maximum atomic E-state index is 8.92. The Kier molecular flexibility index (Phi) is 1.65. The molecule has 0 fully saturated rings. The molecule has 0 spiro atoms. The highest BCUT2D eigenvalue weighted by molar-refractivity contribution is 5.80. The Bertz CT molecular complexity index is 735. The molecular formula is C11H7N5. The first-order valence-corrected chi connectivity index (χ1v) is 4.80. The summed E-state index contributed by atoms with van der Waals surface area (Å²) in [5.41, 5.74) is 2.61. The van der Waals surface area contributed by atoms with Crippen molar-refractivity contribution < 1.29 is 0 Å². The van der Waals surface area contributed by atoms with Crippen molar-refractivity contribution in [2.75, 3.05) is 0 Å². The molecule has 16 heavy (non-hydrogen) atoms. The van der Waals surface area contributed by atoms with Gasteiger partial charge < -0.3 is 0 Å². The number of rotatable bonds is 0. The second-order valence-electron chi connectivity index (χ2n) is 3.48. The largest absolute Gasteiger partial charge is 0.236 e. The minimum atomic E-state index is 0.468. The van der Waals surface area contributed by atoms with Crippen molar-refractivity contribution in [1.29, 1.82) is 5.26 Å². The molecule has 0 aliphatic carbocycles. The van der Waals surface area contributed by atoms with Crippen LogP contribution in [0, 0.1) is 18.3 Å². The summed E-state index contributed by atoms with van der Waals surface area (Å²) in [5.74, 6) is 0. The minimum Gasteiger partial charge on any atom is -0.236 e. The van der Waals surface area contributed by atoms with Gasteiger partial charge in [-0.25, -0.2) is 9.97 Å². The first-order chi connectivity index (χ1) is 7.81. The fourth-order valence-electron chi connectivity index (χ4n) is 1.75. The van der Waals surface area contributed by atoms with Crippen LogP contribution in [-0.2, 0) is 0 Å². The van der Waals surface area contributed by atoms with Crippen LogP contribution >= 0.6 is 0 Å². The van der Waals surface area contributed by atoms with Gasteiger partial charge >= 0.3 is 0 Å². The van der Waals surface area contributed by atoms with Crippen LogP contribution in [0.1, 0.15) is 11.3 Å². The molecule has 3 aromatic rings. The van der Waals surface area contributed by atoms with Gasteiger partial charge in [0, 0.05) is 11.6 Å². The standard InChI is InChI=1S/C11H7N5/c1-7-9-3-2-4-13-11(9)16-10(15-7)8(5-12)6-14-16/h2-4,6H,1H3. The lowest BCUT2D eigenvalue weighted by Crippen LogP contribution is -1.98. The van der Waals surface area contributed by atoms with E-state index in [1.54, 1.807) is 10.7 Å². The van der Waals surface area contributed by atoms with Crippen molar-refractivity contribution >= 4 is 16.7 Å². The van der Waals surface area contributed by atoms with Crippen LogP contribution < -0.4 is 0 Å². The van der Waals surface area contributed by atoms with Gasteiger partial charge in [-0.1, -0.05) is 0 Å². The van der Waals surface area contributed by atoms with E-state index >= 15 is 0 Å². The van der Waals surface area contributed by atoms with Crippen molar-refractivity contribution in [1.82, 2.24) is 19.6 Å². The van der Waals surface area contributed by atoms with Crippen LogP contribution in [0.25, 0.3) is 16.7 Å². The number of aryl methyl sites for hydroxylation is 1. The van der Waals surface area contributed by atoms with E-state index in [2.05, 4.69) is 21.1 Å². The van der Waals surface area contributed by atoms with Gasteiger partial charge in [0.1, 0.15) is 11.6 Å². The Hall–Kier alpha value is -2.48. The van der Waals surface area contributed by atoms with E-state index < -0.39 is 0 Å². The van der Waals surface area contributed by atoms with E-state index in [1.807, 2.05) is 19.1 Å². The van der Waals surface area contributed by atoms with Gasteiger partial charge in [-0.15, -0.1) is 0 Å². The number of fused-ring (bicyclic) bond motifs is 3. The molecule has 0 atom stereocenters. The fourth-order valence-corrected chi connectivity index (χ4v) is 1.75. The molecule has 0 N–H and O–H groups in total. The number of nitrogens with zero attached hydrogens (tertiary/aromatic N) is 5. The van der Waals surface area contributed by atoms with E-state index in [-0.39, 0.29) is 0 Å². The number of aromatic nitrogens is 4. The van der Waals surface area contributed by atoms with Gasteiger partial charge in [-0.3, -0.25) is 0 Å². The average Bonchev–Trinajstić information content (AvgIpc) is 2.72. The van der Waals surface area contributed by atoms with Gasteiger partial charge in [-0.2, -0.15) is 14.9 Å². The predicted molar refractivity (Wildman–Crippen MR) is 57.7 cm³/mol. The summed E-state index contributed by atoms with van der Waals surface area (Å²) >= 11 is 0. The molecule has 0 saturated heterocycles. The molecule has 0 unspecified atom stereocenters. The highest BCUT2D eigenvalue weighted by atomic mass is 15.3. The van der Waals surface area contributed by atoms with Crippen molar-refractivity contribution in [3.8, 4) is 6.07 Å². The topological polar surface area (TPSA) is 66.9 Å². The summed E-state index contributed by atoms with van der Waals surface area (Å²) in [6.07, 6.45) is 3.21. The Morgan fingerprint density at radius 2 is 2.25 bits per heavy atom. The molecular weight excluding hydrogens is 202 g/mol. The van der Waals surface area contributed by atoms with E-state index in [0.717, 1.165) is 16.7 Å². The zero-order valence-electron chi connectivity index (χ0n) is 8.55. The molecule has 5 heteroatoms. The Labute approximate surface area is 91.0 Å². The minimum absolute atomic E-state index is 0.468. The molecule has 0 aliphatic heterocycles. The average molecular weight is 209 g/mol. The van der Waals surface area contributed by atoms with Gasteiger partial charge in [0.15, 0.2) is 11.3 Å². The third-order valence-electron chi connectivity index (χ3n) is 2.51. The van der Waals surface area contributed by atoms with E-state index in [1.165, 1.54) is 6.20 Å². The quantitative estimate of drug-likeness (QED) is 0.562. The number of pyridine rings is 1. The summed E-state index contributed by atoms with van der Waals surface area (Å²) in [6.45, 7) is 1.90. The third-order valence-corrected chi connectivity index (χ3v) is 2.51. The molecule has 3 aromatic heterocycles. The third kappa shape index (κ3) is 1.01. The molecule has 0 aliphatic rings. The molecule has 0 aromatic carbocycles. The van der Waals surface area contributed by atoms with Gasteiger partial charge in [0.05, 0.1) is 11.9 Å². The van der Waals surface area contributed by atoms with Crippen molar-refractivity contribution in [2.45, 2.75) is 6.92 Å². The molecule has 76 valence electrons. The second kappa shape index (κ2) is 3.00. The molecule has 0 saturated carbocycles. The summed E-state index contributed by atoms with van der Waals surface area (Å²) < 4.78 is 1.60. The fraction of sp³-hybridized carbons (Fsp3) is 0.0909. The maximum absolute atomic E-state index is 8.92. The summed E-state index contributed by atoms with van der Waals surface area (Å²) in [4.78, 5) is 8.64. The van der Waals surface area contributed by atoms with Gasteiger partial charge in [0.25, 0.3) is 0 Å². The first kappa shape index (κ1) is 8.80. The lowest BCUT2D eigenvalue weighted by Gasteiger charge is -2.02. The molecule has 3 heterocycles. The van der Waals surface area contributed by atoms with Crippen LogP contribution in [-0.4, -0.2) is 19.6 Å². The van der Waals surface area contributed by atoms with Crippen LogP contribution in [0.3, 0.4) is 0 Å². The molecule has 0 amide bonds. The number of nitriles is 1. The SMILES string of the molecule is Cc1nc2c(C#N)cnn2c2ncccc12. The zero-order chi connectivity index (χ0) is 11.1. The summed E-state index contributed by atoms with van der Waals surface area (Å²) in [6, 6.07) is 5.87. The molecule has 3 rings (SSSR count). The van der Waals surface area contributed by atoms with E-state index in [9.17, 15) is 0 Å². The summed E-state index contributed by atoms with van der Waals surface area (Å²) in [5, 5.41) is 14.0. The van der Waals surface area contributed by atoms with Gasteiger partial charge in [0.2, 0.25) is 0 Å². The van der Waals surface area contributed by atoms with E-state index in [0.29, 0.717) is 11.2 Å². The monoisotopic (exact) mass is 209 g/mol. The van der Waals surface area contributed by atoms with Crippen LogP contribution in [0.4, 0.5) is 0 Å². The van der Waals surface area contributed by atoms with Crippen molar-refractivity contribution in [2.24, 2.45) is 0 Å². The number of hydrogen-bond acceptors (Lipinski definition) is 4. The molecule has 5 nitrogen and oxygen atoms in total. The lowest BCUT2D eigenvalue weighted by atomic mass is 10.2. The Morgan fingerprint density at radius 1 is 1.38 bits per heavy atom. The molecule has 0 radical (unpaired) electrons. The van der Waals surface area contributed by atoms with Crippen LogP contribution in [0.5, 0.6) is 0 Å². The first-order valence-electron chi connectivity index (χ1n) is 4.80. The predicted octanol–water partition coefficient (Wildman–Crippen LogP) is 1.46. The van der Waals surface area contributed by atoms with Crippen LogP contribution in [0.2, 0.25) is 0 Å². The highest BCUT2D eigenvalue weighted by Gasteiger charge is 2.10. The lowest BCUT2D eigenvalue weighted by molar-refractivity contribution is 0.956. The Balaban J connectivity index is 2.61. The number of hydrogen-bond donors (Lipinski definition) is 0. The van der Waals surface area contributed by atoms with E-state index in [4.69, 9.17) is 5.26 Å². The van der Waals surface area contributed by atoms with Crippen LogP contribution in [0.15, 0.2) is 24.5 Å².